The van der Waals surface area contributed by atoms with E-state index in [4.69, 9.17) is 4.74 Å². The first-order valence-corrected chi connectivity index (χ1v) is 17.8. The van der Waals surface area contributed by atoms with Crippen molar-refractivity contribution in [2.75, 3.05) is 0 Å². The fourth-order valence-electron chi connectivity index (χ4n) is 4.76. The SMILES string of the molecule is CC(C)(C)OC(=O)N[C@@H](Cc1ccc(Br)cc1)[C@H](C[C@@H](Cc1cccc(OC(F)(F)F)c1)C(=O)O)CC(C)(C)[Si](C)(C)O. The largest absolute Gasteiger partial charge is 0.573 e. The summed E-state index contributed by atoms with van der Waals surface area (Å²) >= 11 is 3.43. The Hall–Kier alpha value is -2.57. The lowest BCUT2D eigenvalue weighted by Gasteiger charge is -2.41. The third-order valence-electron chi connectivity index (χ3n) is 7.62. The van der Waals surface area contributed by atoms with Crippen molar-refractivity contribution in [3.05, 3.63) is 64.1 Å². The highest BCUT2D eigenvalue weighted by molar-refractivity contribution is 9.10. The van der Waals surface area contributed by atoms with Crippen LogP contribution in [0.15, 0.2) is 53.0 Å². The number of aliphatic carboxylic acids is 1. The number of carbonyl (C=O) groups excluding carboxylic acids is 1. The number of carbonyl (C=O) groups is 2. The fraction of sp³-hybridized carbons (Fsp3) is 0.548. The van der Waals surface area contributed by atoms with Crippen LogP contribution in [0.5, 0.6) is 5.75 Å². The predicted molar refractivity (Wildman–Crippen MR) is 165 cm³/mol. The number of halogens is 4. The number of benzene rings is 2. The van der Waals surface area contributed by atoms with Crippen LogP contribution < -0.4 is 10.1 Å². The van der Waals surface area contributed by atoms with Gasteiger partial charge in [0.2, 0.25) is 0 Å². The van der Waals surface area contributed by atoms with Crippen LogP contribution in [0.1, 0.15) is 58.6 Å². The van der Waals surface area contributed by atoms with Crippen LogP contribution in [-0.2, 0) is 22.4 Å². The first-order valence-electron chi connectivity index (χ1n) is 14.1. The summed E-state index contributed by atoms with van der Waals surface area (Å²) in [7, 11) is -2.77. The van der Waals surface area contributed by atoms with Crippen LogP contribution in [0.4, 0.5) is 18.0 Å². The zero-order valence-electron chi connectivity index (χ0n) is 25.7. The average molecular weight is 691 g/mol. The fourth-order valence-corrected chi connectivity index (χ4v) is 5.78. The van der Waals surface area contributed by atoms with Crippen molar-refractivity contribution in [2.24, 2.45) is 11.8 Å². The number of rotatable bonds is 13. The van der Waals surface area contributed by atoms with Crippen molar-refractivity contribution in [2.45, 2.75) is 96.4 Å². The maximum absolute atomic E-state index is 13.0. The molecule has 0 heterocycles. The second kappa shape index (κ2) is 14.5. The summed E-state index contributed by atoms with van der Waals surface area (Å²) in [5.41, 5.74) is 0.499. The number of carboxylic acids is 1. The van der Waals surface area contributed by atoms with Crippen molar-refractivity contribution in [1.29, 1.82) is 0 Å². The molecule has 0 fully saturated rings. The van der Waals surface area contributed by atoms with Crippen LogP contribution in [0.25, 0.3) is 0 Å². The molecule has 2 aromatic carbocycles. The van der Waals surface area contributed by atoms with Gasteiger partial charge in [-0.2, -0.15) is 0 Å². The Kier molecular flexibility index (Phi) is 12.3. The zero-order chi connectivity index (χ0) is 32.8. The van der Waals surface area contributed by atoms with Gasteiger partial charge in [0.1, 0.15) is 11.4 Å². The highest BCUT2D eigenvalue weighted by Gasteiger charge is 2.43. The number of carboxylic acid groups (broad SMARTS) is 1. The molecule has 0 aromatic heterocycles. The second-order valence-electron chi connectivity index (χ2n) is 13.2. The van der Waals surface area contributed by atoms with Gasteiger partial charge in [-0.3, -0.25) is 4.79 Å². The number of amides is 1. The third-order valence-corrected chi connectivity index (χ3v) is 11.7. The molecule has 3 N–H and O–H groups in total. The highest BCUT2D eigenvalue weighted by Crippen LogP contribution is 2.44. The Morgan fingerprint density at radius 2 is 1.58 bits per heavy atom. The van der Waals surface area contributed by atoms with Gasteiger partial charge in [0, 0.05) is 10.5 Å². The standard InChI is InChI=1S/C31H43BrF3NO6Si/c1-29(2,3)42-28(39)36-26(17-20-11-13-24(32)14-12-20)23(19-30(4,5)43(6,7)40)18-22(27(37)38)15-21-9-8-10-25(16-21)41-31(33,34)35/h8-14,16,22-23,26,40H,15,17-19H2,1-7H3,(H,36,39)(H,37,38)/t22-,23-,26+/m1/s1. The monoisotopic (exact) mass is 689 g/mol. The smallest absolute Gasteiger partial charge is 0.481 e. The minimum absolute atomic E-state index is 0.0568. The highest BCUT2D eigenvalue weighted by atomic mass is 79.9. The first kappa shape index (κ1) is 36.6. The van der Waals surface area contributed by atoms with Gasteiger partial charge in [-0.25, -0.2) is 4.79 Å². The topological polar surface area (TPSA) is 105 Å². The molecule has 0 spiro atoms. The molecule has 0 radical (unpaired) electrons. The second-order valence-corrected chi connectivity index (χ2v) is 18.5. The van der Waals surface area contributed by atoms with Gasteiger partial charge in [-0.1, -0.05) is 54.0 Å². The molecule has 0 bridgehead atoms. The van der Waals surface area contributed by atoms with E-state index in [0.29, 0.717) is 18.4 Å². The molecular formula is C31H43BrF3NO6Si. The minimum Gasteiger partial charge on any atom is -0.481 e. The maximum atomic E-state index is 13.0. The van der Waals surface area contributed by atoms with Crippen molar-refractivity contribution >= 4 is 36.3 Å². The van der Waals surface area contributed by atoms with Gasteiger partial charge >= 0.3 is 18.4 Å². The summed E-state index contributed by atoms with van der Waals surface area (Å²) in [5, 5.41) is 12.7. The number of hydrogen-bond donors (Lipinski definition) is 3. The molecule has 0 aliphatic carbocycles. The van der Waals surface area contributed by atoms with E-state index in [1.807, 2.05) is 51.2 Å². The zero-order valence-corrected chi connectivity index (χ0v) is 28.3. The predicted octanol–water partition coefficient (Wildman–Crippen LogP) is 8.10. The Balaban J connectivity index is 2.51. The van der Waals surface area contributed by atoms with Gasteiger partial charge < -0.3 is 24.7 Å². The molecule has 12 heteroatoms. The lowest BCUT2D eigenvalue weighted by Crippen LogP contribution is -2.48. The number of nitrogens with one attached hydrogen (secondary N) is 1. The molecule has 0 saturated heterocycles. The molecule has 7 nitrogen and oxygen atoms in total. The Labute approximate surface area is 261 Å². The van der Waals surface area contributed by atoms with Gasteiger partial charge in [-0.05, 0) is 106 Å². The number of ether oxygens (including phenoxy) is 2. The lowest BCUT2D eigenvalue weighted by atomic mass is 9.79. The van der Waals surface area contributed by atoms with Gasteiger partial charge in [0.05, 0.1) is 5.92 Å². The normalized spacial score (nSPS) is 14.9. The van der Waals surface area contributed by atoms with Crippen LogP contribution in [0.3, 0.4) is 0 Å². The van der Waals surface area contributed by atoms with Crippen LogP contribution in [0, 0.1) is 11.8 Å². The Morgan fingerprint density at radius 3 is 2.09 bits per heavy atom. The van der Waals surface area contributed by atoms with E-state index in [2.05, 4.69) is 26.0 Å². The average Bonchev–Trinajstić information content (AvgIpc) is 2.81. The maximum Gasteiger partial charge on any atom is 0.573 e. The molecule has 0 saturated carbocycles. The minimum atomic E-state index is -4.88. The molecule has 0 unspecified atom stereocenters. The van der Waals surface area contributed by atoms with E-state index < -0.39 is 61.0 Å². The van der Waals surface area contributed by atoms with E-state index in [-0.39, 0.29) is 12.8 Å². The molecule has 0 aliphatic rings. The molecule has 1 amide bonds. The van der Waals surface area contributed by atoms with Crippen molar-refractivity contribution in [3.8, 4) is 5.75 Å². The van der Waals surface area contributed by atoms with E-state index in [0.717, 1.165) is 16.1 Å². The van der Waals surface area contributed by atoms with E-state index in [1.165, 1.54) is 12.1 Å². The summed E-state index contributed by atoms with van der Waals surface area (Å²) in [5.74, 6) is -3.00. The van der Waals surface area contributed by atoms with Gasteiger partial charge in [0.25, 0.3) is 0 Å². The molecule has 0 aliphatic heterocycles. The quantitative estimate of drug-likeness (QED) is 0.184. The van der Waals surface area contributed by atoms with Crippen molar-refractivity contribution in [3.63, 3.8) is 0 Å². The Morgan fingerprint density at radius 1 is 0.977 bits per heavy atom. The third kappa shape index (κ3) is 12.9. The summed E-state index contributed by atoms with van der Waals surface area (Å²) < 4.78 is 48.9. The van der Waals surface area contributed by atoms with Crippen LogP contribution in [-0.4, -0.2) is 48.3 Å². The van der Waals surface area contributed by atoms with Crippen molar-refractivity contribution < 1.29 is 42.1 Å². The van der Waals surface area contributed by atoms with E-state index >= 15 is 0 Å². The molecular weight excluding hydrogens is 647 g/mol. The van der Waals surface area contributed by atoms with Crippen LogP contribution >= 0.6 is 15.9 Å². The first-order chi connectivity index (χ1) is 19.5. The molecule has 240 valence electrons. The molecule has 2 rings (SSSR count). The van der Waals surface area contributed by atoms with E-state index in [9.17, 15) is 32.7 Å². The summed E-state index contributed by atoms with van der Waals surface area (Å²) in [4.78, 5) is 36.7. The summed E-state index contributed by atoms with van der Waals surface area (Å²) in [6.45, 7) is 12.7. The van der Waals surface area contributed by atoms with Gasteiger partial charge in [-0.15, -0.1) is 13.2 Å². The van der Waals surface area contributed by atoms with Crippen molar-refractivity contribution in [1.82, 2.24) is 5.32 Å². The molecule has 43 heavy (non-hydrogen) atoms. The summed E-state index contributed by atoms with van der Waals surface area (Å²) in [6, 6.07) is 12.3. The molecule has 3 atom stereocenters. The Bertz CT molecular complexity index is 1230. The van der Waals surface area contributed by atoms with E-state index in [1.54, 1.807) is 26.8 Å². The van der Waals surface area contributed by atoms with Crippen LogP contribution in [0.2, 0.25) is 18.1 Å². The summed E-state index contributed by atoms with van der Waals surface area (Å²) in [6.07, 6.45) is -4.75. The van der Waals surface area contributed by atoms with Gasteiger partial charge in [0.15, 0.2) is 8.32 Å². The number of alkyl halides is 3. The number of hydrogen-bond acceptors (Lipinski definition) is 5. The molecule has 2 aromatic rings. The number of alkyl carbamates (subject to hydrolysis) is 1. The lowest BCUT2D eigenvalue weighted by molar-refractivity contribution is -0.274.